The van der Waals surface area contributed by atoms with Crippen LogP contribution in [0.5, 0.6) is 5.75 Å². The Morgan fingerprint density at radius 2 is 2.07 bits per heavy atom. The first-order chi connectivity index (χ1) is 13.1. The molecule has 0 spiro atoms. The number of hydrogen-bond donors (Lipinski definition) is 2. The van der Waals surface area contributed by atoms with Gasteiger partial charge in [-0.05, 0) is 5.56 Å². The number of carbonyl (C=O) groups is 2. The topological polar surface area (TPSA) is 92.7 Å². The maximum atomic E-state index is 12.8. The summed E-state index contributed by atoms with van der Waals surface area (Å²) in [4.78, 5) is 39.0. The van der Waals surface area contributed by atoms with Gasteiger partial charge in [0.2, 0.25) is 5.43 Å². The fraction of sp³-hybridized carbons (Fsp3) is 0.278. The van der Waals surface area contributed by atoms with E-state index in [2.05, 4.69) is 5.32 Å². The maximum absolute atomic E-state index is 12.8. The van der Waals surface area contributed by atoms with Gasteiger partial charge in [0.15, 0.2) is 11.4 Å². The second-order valence-electron chi connectivity index (χ2n) is 6.45. The van der Waals surface area contributed by atoms with Crippen LogP contribution in [-0.4, -0.2) is 41.0 Å². The number of carbonyl (C=O) groups excluding carboxylic acids is 2. The summed E-state index contributed by atoms with van der Waals surface area (Å²) in [5.41, 5.74) is 0.641. The Morgan fingerprint density at radius 1 is 1.30 bits per heavy atom. The minimum Gasteiger partial charge on any atom is -0.483 e. The molecule has 1 unspecified atom stereocenters. The molecule has 0 saturated carbocycles. The summed E-state index contributed by atoms with van der Waals surface area (Å²) in [6.07, 6.45) is 1.23. The molecule has 3 heterocycles. The van der Waals surface area contributed by atoms with Crippen LogP contribution >= 0.6 is 0 Å². The lowest BCUT2D eigenvalue weighted by Gasteiger charge is -2.41. The van der Waals surface area contributed by atoms with Crippen molar-refractivity contribution in [3.63, 3.8) is 0 Å². The van der Waals surface area contributed by atoms with Crippen LogP contribution < -0.4 is 21.0 Å². The highest BCUT2D eigenvalue weighted by Crippen LogP contribution is 2.28. The van der Waals surface area contributed by atoms with Crippen LogP contribution in [0.4, 0.5) is 4.48 Å². The number of ether oxygens (including phenoxy) is 1. The number of nitrogens with one attached hydrogen (secondary N) is 2. The van der Waals surface area contributed by atoms with E-state index in [4.69, 9.17) is 4.74 Å². The second-order valence-corrected chi connectivity index (χ2v) is 6.45. The first-order valence-electron chi connectivity index (χ1n) is 8.47. The van der Waals surface area contributed by atoms with Crippen molar-refractivity contribution in [3.05, 3.63) is 63.6 Å². The van der Waals surface area contributed by atoms with Crippen LogP contribution in [-0.2, 0) is 6.61 Å². The van der Waals surface area contributed by atoms with Gasteiger partial charge < -0.3 is 14.2 Å². The van der Waals surface area contributed by atoms with E-state index in [-0.39, 0.29) is 30.0 Å². The zero-order valence-corrected chi connectivity index (χ0v) is 14.3. The number of hydrogen-bond acceptors (Lipinski definition) is 5. The van der Waals surface area contributed by atoms with Crippen molar-refractivity contribution in [2.45, 2.75) is 12.6 Å². The minimum atomic E-state index is -1.17. The lowest BCUT2D eigenvalue weighted by molar-refractivity contribution is 0.0568. The van der Waals surface area contributed by atoms with E-state index < -0.39 is 16.9 Å². The SMILES string of the molecule is O=C(NF)c1cn2c(c(OCc3ccccc3)c1=O)C(=O)N1CNCC2C1. The van der Waals surface area contributed by atoms with E-state index in [1.807, 2.05) is 30.3 Å². The Balaban J connectivity index is 1.83. The molecular formula is C18H17FN4O4. The predicted molar refractivity (Wildman–Crippen MR) is 93.0 cm³/mol. The van der Waals surface area contributed by atoms with Crippen molar-refractivity contribution in [1.29, 1.82) is 0 Å². The van der Waals surface area contributed by atoms with Gasteiger partial charge in [0.05, 0.1) is 12.7 Å². The molecule has 1 saturated heterocycles. The lowest BCUT2D eigenvalue weighted by Crippen LogP contribution is -2.55. The van der Waals surface area contributed by atoms with Crippen LogP contribution in [0.15, 0.2) is 41.3 Å². The molecule has 2 aromatic rings. The van der Waals surface area contributed by atoms with Crippen LogP contribution in [0.1, 0.15) is 32.5 Å². The first kappa shape index (κ1) is 17.2. The van der Waals surface area contributed by atoms with Gasteiger partial charge in [-0.15, -0.1) is 0 Å². The van der Waals surface area contributed by atoms with E-state index in [0.717, 1.165) is 11.1 Å². The molecule has 2 N–H and O–H groups in total. The number of fused-ring (bicyclic) bond motifs is 4. The molecule has 0 aliphatic carbocycles. The van der Waals surface area contributed by atoms with Crippen molar-refractivity contribution in [2.24, 2.45) is 0 Å². The molecule has 27 heavy (non-hydrogen) atoms. The summed E-state index contributed by atoms with van der Waals surface area (Å²) < 4.78 is 19.9. The number of nitrogens with zero attached hydrogens (tertiary/aromatic N) is 2. The molecular weight excluding hydrogens is 355 g/mol. The van der Waals surface area contributed by atoms with Gasteiger partial charge in [0.1, 0.15) is 12.2 Å². The highest BCUT2D eigenvalue weighted by Gasteiger charge is 2.38. The van der Waals surface area contributed by atoms with E-state index >= 15 is 0 Å². The minimum absolute atomic E-state index is 0.0416. The highest BCUT2D eigenvalue weighted by atomic mass is 19.2. The lowest BCUT2D eigenvalue weighted by atomic mass is 10.1. The zero-order chi connectivity index (χ0) is 19.0. The molecule has 1 atom stereocenters. The van der Waals surface area contributed by atoms with Gasteiger partial charge in [-0.2, -0.15) is 5.54 Å². The van der Waals surface area contributed by atoms with Crippen molar-refractivity contribution >= 4 is 11.8 Å². The quantitative estimate of drug-likeness (QED) is 0.767. The fourth-order valence-electron chi connectivity index (χ4n) is 3.42. The van der Waals surface area contributed by atoms with Crippen molar-refractivity contribution < 1.29 is 18.8 Å². The van der Waals surface area contributed by atoms with E-state index in [0.29, 0.717) is 19.8 Å². The van der Waals surface area contributed by atoms with Gasteiger partial charge in [0.25, 0.3) is 11.8 Å². The number of halogens is 1. The second kappa shape index (κ2) is 6.84. The van der Waals surface area contributed by atoms with Crippen LogP contribution in [0.2, 0.25) is 0 Å². The van der Waals surface area contributed by atoms with E-state index in [1.54, 1.807) is 4.90 Å². The molecule has 9 heteroatoms. The summed E-state index contributed by atoms with van der Waals surface area (Å²) in [7, 11) is 0. The van der Waals surface area contributed by atoms with Gasteiger partial charge in [-0.3, -0.25) is 19.7 Å². The van der Waals surface area contributed by atoms with Crippen LogP contribution in [0, 0.1) is 0 Å². The molecule has 8 nitrogen and oxygen atoms in total. The van der Waals surface area contributed by atoms with Gasteiger partial charge in [-0.1, -0.05) is 34.8 Å². The van der Waals surface area contributed by atoms with Gasteiger partial charge in [0, 0.05) is 19.3 Å². The number of amides is 2. The largest absolute Gasteiger partial charge is 0.483 e. The van der Waals surface area contributed by atoms with Crippen molar-refractivity contribution in [2.75, 3.05) is 19.8 Å². The molecule has 4 rings (SSSR count). The van der Waals surface area contributed by atoms with Crippen molar-refractivity contribution in [3.8, 4) is 5.75 Å². The summed E-state index contributed by atoms with van der Waals surface area (Å²) in [6, 6.07) is 8.93. The molecule has 2 bridgehead atoms. The van der Waals surface area contributed by atoms with Crippen molar-refractivity contribution in [1.82, 2.24) is 20.3 Å². The summed E-state index contributed by atoms with van der Waals surface area (Å²) in [5.74, 6) is -1.77. The Bertz CT molecular complexity index is 960. The van der Waals surface area contributed by atoms with Crippen LogP contribution in [0.25, 0.3) is 0 Å². The van der Waals surface area contributed by atoms with Gasteiger partial charge >= 0.3 is 0 Å². The van der Waals surface area contributed by atoms with Crippen LogP contribution in [0.3, 0.4) is 0 Å². The zero-order valence-electron chi connectivity index (χ0n) is 14.3. The number of pyridine rings is 1. The summed E-state index contributed by atoms with van der Waals surface area (Å²) in [6.45, 7) is 1.40. The molecule has 2 aliphatic heterocycles. The Morgan fingerprint density at radius 3 is 2.81 bits per heavy atom. The van der Waals surface area contributed by atoms with Gasteiger partial charge in [-0.25, -0.2) is 0 Å². The molecule has 1 fully saturated rings. The average Bonchev–Trinajstić information content (AvgIpc) is 2.71. The smallest absolute Gasteiger partial charge is 0.284 e. The maximum Gasteiger partial charge on any atom is 0.284 e. The first-order valence-corrected chi connectivity index (χ1v) is 8.47. The molecule has 2 amide bonds. The molecule has 1 aromatic carbocycles. The normalized spacial score (nSPS) is 18.0. The number of rotatable bonds is 4. The molecule has 0 radical (unpaired) electrons. The number of benzene rings is 1. The third-order valence-electron chi connectivity index (χ3n) is 4.75. The average molecular weight is 372 g/mol. The van der Waals surface area contributed by atoms with E-state index in [1.165, 1.54) is 10.8 Å². The van der Waals surface area contributed by atoms with E-state index in [9.17, 15) is 18.9 Å². The fourth-order valence-corrected chi connectivity index (χ4v) is 3.42. The summed E-state index contributed by atoms with van der Waals surface area (Å²) >= 11 is 0. The molecule has 2 aliphatic rings. The number of aromatic nitrogens is 1. The molecule has 140 valence electrons. The Labute approximate surface area is 153 Å². The summed E-state index contributed by atoms with van der Waals surface area (Å²) in [5, 5.41) is 3.10. The predicted octanol–water partition coefficient (Wildman–Crippen LogP) is 0.599. The highest BCUT2D eigenvalue weighted by molar-refractivity contribution is 5.99. The monoisotopic (exact) mass is 372 g/mol. The Hall–Kier alpha value is -3.20. The third kappa shape index (κ3) is 2.95. The standard InChI is InChI=1S/C18H17FN4O4/c19-21-17(25)13-8-23-12-6-20-10-22(7-12)18(26)14(23)16(15(13)24)27-9-11-4-2-1-3-5-11/h1-5,8,12,20H,6-7,9-10H2,(H,21,25). The third-order valence-corrected chi connectivity index (χ3v) is 4.75. The molecule has 1 aromatic heterocycles. The Kier molecular flexibility index (Phi) is 4.36.